The van der Waals surface area contributed by atoms with Crippen LogP contribution in [0.4, 0.5) is 5.95 Å². The highest BCUT2D eigenvalue weighted by molar-refractivity contribution is 5.92. The molecule has 154 valence electrons. The van der Waals surface area contributed by atoms with Crippen molar-refractivity contribution in [1.82, 2.24) is 24.8 Å². The average Bonchev–Trinajstić information content (AvgIpc) is 2.79. The summed E-state index contributed by atoms with van der Waals surface area (Å²) in [6.45, 7) is 3.70. The second kappa shape index (κ2) is 8.98. The molecule has 1 saturated heterocycles. The lowest BCUT2D eigenvalue weighted by molar-refractivity contribution is 0.0999. The van der Waals surface area contributed by atoms with Crippen LogP contribution in [0.25, 0.3) is 11.3 Å². The second-order valence-electron chi connectivity index (χ2n) is 7.38. The van der Waals surface area contributed by atoms with Gasteiger partial charge in [-0.15, -0.1) is 0 Å². The van der Waals surface area contributed by atoms with Crippen molar-refractivity contribution in [3.63, 3.8) is 0 Å². The molecular formula is C22H25N7O. The molecule has 1 aromatic carbocycles. The molecule has 1 aliphatic rings. The number of aromatic nitrogens is 3. The highest BCUT2D eigenvalue weighted by atomic mass is 16.1. The monoisotopic (exact) mass is 403 g/mol. The maximum absolute atomic E-state index is 11.7. The fourth-order valence-electron chi connectivity index (χ4n) is 3.55. The summed E-state index contributed by atoms with van der Waals surface area (Å²) >= 11 is 0. The van der Waals surface area contributed by atoms with E-state index in [0.717, 1.165) is 43.0 Å². The summed E-state index contributed by atoms with van der Waals surface area (Å²) < 4.78 is 0. The molecule has 0 aliphatic carbocycles. The Morgan fingerprint density at radius 2 is 1.93 bits per heavy atom. The number of hydrogen-bond acceptors (Lipinski definition) is 7. The van der Waals surface area contributed by atoms with Gasteiger partial charge < -0.3 is 16.0 Å². The molecule has 0 radical (unpaired) electrons. The van der Waals surface area contributed by atoms with Crippen LogP contribution in [0.15, 0.2) is 61.1 Å². The lowest BCUT2D eigenvalue weighted by Gasteiger charge is -2.38. The standard InChI is InChI=1S/C22H25N7O/c1-28-10-12-29(13-11-28)21(17-5-2-4-16(14-17)20(23)30)27-22-25-9-7-19(26-22)18-6-3-8-24-15-18/h2-9,14-15,21H,10-13H2,1H3,(H2,23,30)(H,25,26,27). The van der Waals surface area contributed by atoms with Gasteiger partial charge in [0.2, 0.25) is 11.9 Å². The van der Waals surface area contributed by atoms with Crippen LogP contribution in [-0.2, 0) is 0 Å². The minimum atomic E-state index is -0.441. The molecular weight excluding hydrogens is 378 g/mol. The molecule has 0 bridgehead atoms. The number of nitrogens with zero attached hydrogens (tertiary/aromatic N) is 5. The molecule has 1 fully saturated rings. The number of pyridine rings is 1. The Balaban J connectivity index is 1.65. The fourth-order valence-corrected chi connectivity index (χ4v) is 3.55. The van der Waals surface area contributed by atoms with Gasteiger partial charge in [-0.1, -0.05) is 12.1 Å². The molecule has 2 aromatic heterocycles. The SMILES string of the molecule is CN1CCN(C(Nc2nccc(-c3cccnc3)n2)c2cccc(C(N)=O)c2)CC1. The third kappa shape index (κ3) is 4.61. The summed E-state index contributed by atoms with van der Waals surface area (Å²) in [7, 11) is 2.12. The first-order chi connectivity index (χ1) is 14.6. The summed E-state index contributed by atoms with van der Waals surface area (Å²) in [6, 6.07) is 13.1. The Morgan fingerprint density at radius 1 is 1.10 bits per heavy atom. The van der Waals surface area contributed by atoms with Gasteiger partial charge >= 0.3 is 0 Å². The van der Waals surface area contributed by atoms with E-state index in [9.17, 15) is 4.79 Å². The largest absolute Gasteiger partial charge is 0.366 e. The van der Waals surface area contributed by atoms with E-state index in [0.29, 0.717) is 11.5 Å². The van der Waals surface area contributed by atoms with Crippen molar-refractivity contribution in [2.45, 2.75) is 6.17 Å². The molecule has 3 aromatic rings. The first kappa shape index (κ1) is 19.9. The van der Waals surface area contributed by atoms with E-state index in [4.69, 9.17) is 5.73 Å². The number of carbonyl (C=O) groups excluding carboxylic acids is 1. The van der Waals surface area contributed by atoms with E-state index in [1.54, 1.807) is 24.7 Å². The number of likely N-dealkylation sites (N-methyl/N-ethyl adjacent to an activating group) is 1. The molecule has 0 saturated carbocycles. The summed E-state index contributed by atoms with van der Waals surface area (Å²) in [5.41, 5.74) is 8.66. The second-order valence-corrected chi connectivity index (χ2v) is 7.38. The van der Waals surface area contributed by atoms with Gasteiger partial charge in [-0.3, -0.25) is 14.7 Å². The lowest BCUT2D eigenvalue weighted by Crippen LogP contribution is -2.47. The lowest BCUT2D eigenvalue weighted by atomic mass is 10.1. The van der Waals surface area contributed by atoms with Gasteiger partial charge in [0.15, 0.2) is 0 Å². The number of nitrogens with one attached hydrogen (secondary N) is 1. The highest BCUT2D eigenvalue weighted by Crippen LogP contribution is 2.25. The smallest absolute Gasteiger partial charge is 0.248 e. The Hall–Kier alpha value is -3.36. The number of hydrogen-bond donors (Lipinski definition) is 2. The molecule has 3 heterocycles. The number of nitrogens with two attached hydrogens (primary N) is 1. The van der Waals surface area contributed by atoms with E-state index in [-0.39, 0.29) is 6.17 Å². The minimum absolute atomic E-state index is 0.179. The third-order valence-corrected chi connectivity index (χ3v) is 5.27. The van der Waals surface area contributed by atoms with Crippen molar-refractivity contribution in [3.8, 4) is 11.3 Å². The molecule has 3 N–H and O–H groups in total. The van der Waals surface area contributed by atoms with Crippen molar-refractivity contribution in [1.29, 1.82) is 0 Å². The van der Waals surface area contributed by atoms with Gasteiger partial charge in [-0.05, 0) is 42.9 Å². The quantitative estimate of drug-likeness (QED) is 0.649. The molecule has 1 aliphatic heterocycles. The van der Waals surface area contributed by atoms with Crippen LogP contribution in [0.5, 0.6) is 0 Å². The van der Waals surface area contributed by atoms with Crippen LogP contribution in [0, 0.1) is 0 Å². The summed E-state index contributed by atoms with van der Waals surface area (Å²) in [5.74, 6) is 0.0774. The summed E-state index contributed by atoms with van der Waals surface area (Å²) in [4.78, 5) is 29.6. The van der Waals surface area contributed by atoms with Crippen LogP contribution < -0.4 is 11.1 Å². The first-order valence-corrected chi connectivity index (χ1v) is 9.92. The van der Waals surface area contributed by atoms with E-state index in [2.05, 4.69) is 37.1 Å². The van der Waals surface area contributed by atoms with Crippen LogP contribution in [0.2, 0.25) is 0 Å². The number of benzene rings is 1. The maximum Gasteiger partial charge on any atom is 0.248 e. The van der Waals surface area contributed by atoms with E-state index in [1.165, 1.54) is 0 Å². The number of piperazine rings is 1. The molecule has 8 nitrogen and oxygen atoms in total. The molecule has 1 amide bonds. The van der Waals surface area contributed by atoms with E-state index in [1.807, 2.05) is 36.4 Å². The van der Waals surface area contributed by atoms with Crippen molar-refractivity contribution < 1.29 is 4.79 Å². The van der Waals surface area contributed by atoms with Gasteiger partial charge in [0.25, 0.3) is 0 Å². The number of rotatable bonds is 6. The van der Waals surface area contributed by atoms with Crippen molar-refractivity contribution >= 4 is 11.9 Å². The van der Waals surface area contributed by atoms with Crippen molar-refractivity contribution in [3.05, 3.63) is 72.2 Å². The van der Waals surface area contributed by atoms with Gasteiger partial charge in [-0.25, -0.2) is 9.97 Å². The molecule has 30 heavy (non-hydrogen) atoms. The van der Waals surface area contributed by atoms with Gasteiger partial charge in [0.1, 0.15) is 6.17 Å². The maximum atomic E-state index is 11.7. The minimum Gasteiger partial charge on any atom is -0.366 e. The van der Waals surface area contributed by atoms with E-state index < -0.39 is 5.91 Å². The Labute approximate surface area is 175 Å². The molecule has 8 heteroatoms. The zero-order valence-corrected chi connectivity index (χ0v) is 16.9. The fraction of sp³-hybridized carbons (Fsp3) is 0.273. The zero-order valence-electron chi connectivity index (χ0n) is 16.9. The van der Waals surface area contributed by atoms with Crippen molar-refractivity contribution in [2.24, 2.45) is 5.73 Å². The first-order valence-electron chi connectivity index (χ1n) is 9.92. The molecule has 1 atom stereocenters. The number of anilines is 1. The number of amides is 1. The van der Waals surface area contributed by atoms with Crippen LogP contribution >= 0.6 is 0 Å². The predicted molar refractivity (Wildman–Crippen MR) is 116 cm³/mol. The highest BCUT2D eigenvalue weighted by Gasteiger charge is 2.25. The Kier molecular flexibility index (Phi) is 5.97. The Morgan fingerprint density at radius 3 is 2.67 bits per heavy atom. The van der Waals surface area contributed by atoms with Gasteiger partial charge in [0.05, 0.1) is 5.69 Å². The van der Waals surface area contributed by atoms with Crippen molar-refractivity contribution in [2.75, 3.05) is 38.5 Å². The van der Waals surface area contributed by atoms with Gasteiger partial charge in [0, 0.05) is 55.9 Å². The predicted octanol–water partition coefficient (Wildman–Crippen LogP) is 2.00. The molecule has 1 unspecified atom stereocenters. The Bertz CT molecular complexity index is 1000. The van der Waals surface area contributed by atoms with E-state index >= 15 is 0 Å². The van der Waals surface area contributed by atoms with Crippen LogP contribution in [0.3, 0.4) is 0 Å². The van der Waals surface area contributed by atoms with Crippen LogP contribution in [0.1, 0.15) is 22.1 Å². The zero-order chi connectivity index (χ0) is 20.9. The number of carbonyl (C=O) groups is 1. The van der Waals surface area contributed by atoms with Crippen LogP contribution in [-0.4, -0.2) is 63.9 Å². The third-order valence-electron chi connectivity index (χ3n) is 5.27. The van der Waals surface area contributed by atoms with Gasteiger partial charge in [-0.2, -0.15) is 0 Å². The normalized spacial score (nSPS) is 16.2. The summed E-state index contributed by atoms with van der Waals surface area (Å²) in [6.07, 6.45) is 5.07. The topological polar surface area (TPSA) is 100 Å². The molecule has 4 rings (SSSR count). The average molecular weight is 403 g/mol. The molecule has 0 spiro atoms. The summed E-state index contributed by atoms with van der Waals surface area (Å²) in [5, 5.41) is 3.47. The number of primary amides is 1.